The summed E-state index contributed by atoms with van der Waals surface area (Å²) >= 11 is 0. The molecule has 0 unspecified atom stereocenters. The minimum absolute atomic E-state index is 0.159. The largest absolute Gasteiger partial charge is 0.464 e. The zero-order chi connectivity index (χ0) is 17.7. The van der Waals surface area contributed by atoms with Crippen LogP contribution in [0.3, 0.4) is 0 Å². The van der Waals surface area contributed by atoms with E-state index in [0.29, 0.717) is 0 Å². The van der Waals surface area contributed by atoms with Gasteiger partial charge in [0.15, 0.2) is 0 Å². The first-order valence-corrected chi connectivity index (χ1v) is 8.94. The third-order valence-electron chi connectivity index (χ3n) is 5.09. The molecule has 0 aliphatic carbocycles. The van der Waals surface area contributed by atoms with Crippen LogP contribution in [-0.4, -0.2) is 10.7 Å². The van der Waals surface area contributed by atoms with Gasteiger partial charge in [-0.25, -0.2) is 5.01 Å². The number of aryl methyl sites for hydroxylation is 2. The first kappa shape index (κ1) is 15.3. The molecule has 0 spiro atoms. The summed E-state index contributed by atoms with van der Waals surface area (Å²) in [6, 6.07) is 20.9. The Labute approximate surface area is 152 Å². The van der Waals surface area contributed by atoms with Gasteiger partial charge in [-0.05, 0) is 32.0 Å². The highest BCUT2D eigenvalue weighted by Gasteiger charge is 2.41. The highest BCUT2D eigenvalue weighted by molar-refractivity contribution is 5.99. The van der Waals surface area contributed by atoms with Crippen molar-refractivity contribution in [2.75, 3.05) is 0 Å². The maximum absolute atomic E-state index is 6.35. The van der Waals surface area contributed by atoms with E-state index in [2.05, 4.69) is 48.3 Å². The molecule has 1 aromatic heterocycles. The second kappa shape index (κ2) is 5.77. The summed E-state index contributed by atoms with van der Waals surface area (Å²) in [5.41, 5.74) is 4.49. The fourth-order valence-corrected chi connectivity index (χ4v) is 3.72. The summed E-state index contributed by atoms with van der Waals surface area (Å²) in [6.45, 7) is 4.05. The average molecular weight is 344 g/mol. The minimum Gasteiger partial charge on any atom is -0.464 e. The van der Waals surface area contributed by atoms with Crippen LogP contribution in [0.5, 0.6) is 5.75 Å². The lowest BCUT2D eigenvalue weighted by Gasteiger charge is -2.38. The van der Waals surface area contributed by atoms with Crippen molar-refractivity contribution in [3.8, 4) is 5.75 Å². The number of hydrogen-bond donors (Lipinski definition) is 0. The molecule has 2 atom stereocenters. The molecule has 0 N–H and O–H groups in total. The molecular formula is C22H20N2O2. The van der Waals surface area contributed by atoms with Crippen molar-refractivity contribution in [1.29, 1.82) is 0 Å². The molecule has 2 aliphatic rings. The highest BCUT2D eigenvalue weighted by atomic mass is 16.5. The van der Waals surface area contributed by atoms with Crippen LogP contribution in [0.2, 0.25) is 0 Å². The minimum atomic E-state index is -0.232. The molecule has 5 rings (SSSR count). The van der Waals surface area contributed by atoms with Crippen molar-refractivity contribution >= 4 is 5.71 Å². The molecule has 0 saturated heterocycles. The molecule has 2 aromatic carbocycles. The van der Waals surface area contributed by atoms with Crippen molar-refractivity contribution in [3.05, 3.63) is 88.9 Å². The lowest BCUT2D eigenvalue weighted by Crippen LogP contribution is -2.33. The molecule has 0 radical (unpaired) electrons. The van der Waals surface area contributed by atoms with E-state index in [1.165, 1.54) is 11.1 Å². The van der Waals surface area contributed by atoms with Crippen LogP contribution in [0.4, 0.5) is 0 Å². The van der Waals surface area contributed by atoms with Crippen molar-refractivity contribution in [1.82, 2.24) is 5.01 Å². The summed E-state index contributed by atoms with van der Waals surface area (Å²) in [4.78, 5) is 0. The Hall–Kier alpha value is -3.01. The van der Waals surface area contributed by atoms with Crippen LogP contribution in [0.15, 0.2) is 70.2 Å². The molecule has 2 aliphatic heterocycles. The Bertz CT molecular complexity index is 987. The van der Waals surface area contributed by atoms with Crippen molar-refractivity contribution in [2.24, 2.45) is 5.10 Å². The number of furan rings is 1. The Morgan fingerprint density at radius 3 is 2.54 bits per heavy atom. The van der Waals surface area contributed by atoms with Gasteiger partial charge in [-0.3, -0.25) is 0 Å². The lowest BCUT2D eigenvalue weighted by molar-refractivity contribution is -0.0190. The molecule has 0 bridgehead atoms. The maximum Gasteiger partial charge on any atom is 0.213 e. The van der Waals surface area contributed by atoms with Gasteiger partial charge in [0, 0.05) is 17.5 Å². The summed E-state index contributed by atoms with van der Waals surface area (Å²) in [7, 11) is 0. The molecule has 3 heterocycles. The molecule has 4 nitrogen and oxygen atoms in total. The number of hydrogen-bond acceptors (Lipinski definition) is 4. The smallest absolute Gasteiger partial charge is 0.213 e. The summed E-state index contributed by atoms with van der Waals surface area (Å²) < 4.78 is 12.2. The van der Waals surface area contributed by atoms with Gasteiger partial charge in [0.25, 0.3) is 0 Å². The van der Waals surface area contributed by atoms with Gasteiger partial charge in [0.1, 0.15) is 23.0 Å². The van der Waals surface area contributed by atoms with Gasteiger partial charge < -0.3 is 9.15 Å². The van der Waals surface area contributed by atoms with E-state index in [9.17, 15) is 0 Å². The zero-order valence-electron chi connectivity index (χ0n) is 14.8. The Balaban J connectivity index is 1.59. The van der Waals surface area contributed by atoms with Crippen LogP contribution in [-0.2, 0) is 0 Å². The molecular weight excluding hydrogens is 324 g/mol. The van der Waals surface area contributed by atoms with Crippen LogP contribution in [0, 0.1) is 13.8 Å². The molecule has 4 heteroatoms. The fourth-order valence-electron chi connectivity index (χ4n) is 3.72. The third-order valence-corrected chi connectivity index (χ3v) is 5.09. The Morgan fingerprint density at radius 1 is 0.962 bits per heavy atom. The number of rotatable bonds is 2. The van der Waals surface area contributed by atoms with Gasteiger partial charge in [0.2, 0.25) is 6.23 Å². The maximum atomic E-state index is 6.35. The summed E-state index contributed by atoms with van der Waals surface area (Å²) in [5, 5.41) is 6.99. The monoisotopic (exact) mass is 344 g/mol. The fraction of sp³-hybridized carbons (Fsp3) is 0.227. The summed E-state index contributed by atoms with van der Waals surface area (Å²) in [5.74, 6) is 2.68. The number of fused-ring (bicyclic) bond motifs is 3. The van der Waals surface area contributed by atoms with E-state index in [0.717, 1.165) is 35.0 Å². The van der Waals surface area contributed by atoms with E-state index < -0.39 is 0 Å². The van der Waals surface area contributed by atoms with Gasteiger partial charge in [0.05, 0.1) is 6.04 Å². The van der Waals surface area contributed by atoms with Crippen LogP contribution < -0.4 is 4.74 Å². The quantitative estimate of drug-likeness (QED) is 0.646. The number of ether oxygens (including phenoxy) is 1. The molecule has 26 heavy (non-hydrogen) atoms. The topological polar surface area (TPSA) is 38.0 Å². The third kappa shape index (κ3) is 2.41. The SMILES string of the molecule is Cc1ccc([C@@H]2Oc3ccccc3[C@@H]3CC(c4ccc(C)o4)=NN32)cc1. The number of benzene rings is 2. The molecule has 130 valence electrons. The standard InChI is InChI=1S/C22H20N2O2/c1-14-7-10-16(11-8-14)22-24-19(17-5-3-4-6-20(17)26-22)13-18(23-24)21-12-9-15(2)25-21/h3-12,19,22H,13H2,1-2H3/t19-,22-/m0/s1. The molecule has 0 amide bonds. The van der Waals surface area contributed by atoms with Crippen LogP contribution in [0.1, 0.15) is 46.9 Å². The van der Waals surface area contributed by atoms with Crippen molar-refractivity contribution in [3.63, 3.8) is 0 Å². The van der Waals surface area contributed by atoms with Gasteiger partial charge in [-0.1, -0.05) is 48.0 Å². The Morgan fingerprint density at radius 2 is 1.77 bits per heavy atom. The lowest BCUT2D eigenvalue weighted by atomic mass is 9.97. The van der Waals surface area contributed by atoms with E-state index in [1.54, 1.807) is 0 Å². The number of hydrazone groups is 1. The first-order chi connectivity index (χ1) is 12.7. The van der Waals surface area contributed by atoms with Crippen molar-refractivity contribution in [2.45, 2.75) is 32.5 Å². The van der Waals surface area contributed by atoms with Crippen molar-refractivity contribution < 1.29 is 9.15 Å². The predicted octanol–water partition coefficient (Wildman–Crippen LogP) is 5.14. The predicted molar refractivity (Wildman–Crippen MR) is 100 cm³/mol. The highest BCUT2D eigenvalue weighted by Crippen LogP contribution is 2.47. The number of nitrogens with zero attached hydrogens (tertiary/aromatic N) is 2. The second-order valence-electron chi connectivity index (χ2n) is 6.98. The van der Waals surface area contributed by atoms with E-state index in [4.69, 9.17) is 14.3 Å². The normalized spacial score (nSPS) is 21.0. The van der Waals surface area contributed by atoms with Gasteiger partial charge >= 0.3 is 0 Å². The Kier molecular flexibility index (Phi) is 3.38. The zero-order valence-corrected chi connectivity index (χ0v) is 14.8. The first-order valence-electron chi connectivity index (χ1n) is 8.94. The van der Waals surface area contributed by atoms with Gasteiger partial charge in [-0.2, -0.15) is 5.10 Å². The van der Waals surface area contributed by atoms with E-state index in [-0.39, 0.29) is 12.3 Å². The van der Waals surface area contributed by atoms with Crippen LogP contribution >= 0.6 is 0 Å². The summed E-state index contributed by atoms with van der Waals surface area (Å²) in [6.07, 6.45) is 0.583. The average Bonchev–Trinajstić information content (AvgIpc) is 3.28. The van der Waals surface area contributed by atoms with Gasteiger partial charge in [-0.15, -0.1) is 0 Å². The number of para-hydroxylation sites is 1. The van der Waals surface area contributed by atoms with E-state index >= 15 is 0 Å². The van der Waals surface area contributed by atoms with E-state index in [1.807, 2.05) is 31.2 Å². The molecule has 3 aromatic rings. The second-order valence-corrected chi connectivity index (χ2v) is 6.98. The van der Waals surface area contributed by atoms with Crippen LogP contribution in [0.25, 0.3) is 0 Å². The molecule has 0 fully saturated rings. The molecule has 0 saturated carbocycles.